The van der Waals surface area contributed by atoms with Crippen LogP contribution in [0.1, 0.15) is 50.3 Å². The highest BCUT2D eigenvalue weighted by atomic mass is 32.1. The molecule has 1 fully saturated rings. The second-order valence-electron chi connectivity index (χ2n) is 5.55. The molecule has 19 heavy (non-hydrogen) atoms. The molecule has 0 bridgehead atoms. The third kappa shape index (κ3) is 6.07. The maximum Gasteiger partial charge on any atom is 0.0330 e. The largest absolute Gasteiger partial charge is 0.317 e. The summed E-state index contributed by atoms with van der Waals surface area (Å²) < 4.78 is 0. The van der Waals surface area contributed by atoms with Crippen molar-refractivity contribution in [2.45, 2.75) is 58.0 Å². The highest BCUT2D eigenvalue weighted by Crippen LogP contribution is 2.29. The summed E-state index contributed by atoms with van der Waals surface area (Å²) in [6, 6.07) is 5.34. The molecule has 1 aliphatic carbocycles. The average Bonchev–Trinajstić information content (AvgIpc) is 3.14. The molecule has 2 rings (SSSR count). The van der Waals surface area contributed by atoms with Gasteiger partial charge in [-0.3, -0.25) is 4.90 Å². The van der Waals surface area contributed by atoms with E-state index >= 15 is 0 Å². The highest BCUT2D eigenvalue weighted by molar-refractivity contribution is 7.09. The molecule has 0 unspecified atom stereocenters. The van der Waals surface area contributed by atoms with Gasteiger partial charge in [0.2, 0.25) is 0 Å². The summed E-state index contributed by atoms with van der Waals surface area (Å²) in [6.45, 7) is 6.95. The lowest BCUT2D eigenvalue weighted by Gasteiger charge is -2.21. The fourth-order valence-electron chi connectivity index (χ4n) is 2.53. The van der Waals surface area contributed by atoms with Crippen LogP contribution in [-0.2, 0) is 6.54 Å². The summed E-state index contributed by atoms with van der Waals surface area (Å²) >= 11 is 1.90. The van der Waals surface area contributed by atoms with Gasteiger partial charge in [0.1, 0.15) is 0 Å². The van der Waals surface area contributed by atoms with Gasteiger partial charge in [-0.1, -0.05) is 25.8 Å². The van der Waals surface area contributed by atoms with Crippen molar-refractivity contribution >= 4 is 11.3 Å². The highest BCUT2D eigenvalue weighted by Gasteiger charge is 2.28. The van der Waals surface area contributed by atoms with Crippen molar-refractivity contribution in [2.75, 3.05) is 19.6 Å². The normalized spacial score (nSPS) is 15.3. The zero-order valence-corrected chi connectivity index (χ0v) is 13.1. The first-order valence-electron chi connectivity index (χ1n) is 7.87. The number of rotatable bonds is 11. The molecule has 0 aliphatic heterocycles. The van der Waals surface area contributed by atoms with Gasteiger partial charge < -0.3 is 5.32 Å². The van der Waals surface area contributed by atoms with Crippen molar-refractivity contribution in [3.63, 3.8) is 0 Å². The van der Waals surface area contributed by atoms with E-state index < -0.39 is 0 Å². The SMILES string of the molecule is CCNCCCCCCN(Cc1cccs1)C1CC1. The Bertz CT molecular complexity index is 319. The van der Waals surface area contributed by atoms with Gasteiger partial charge in [-0.15, -0.1) is 11.3 Å². The van der Waals surface area contributed by atoms with Crippen LogP contribution in [0, 0.1) is 0 Å². The van der Waals surface area contributed by atoms with E-state index in [9.17, 15) is 0 Å². The molecule has 1 aromatic heterocycles. The Morgan fingerprint density at radius 1 is 1.26 bits per heavy atom. The fraction of sp³-hybridized carbons (Fsp3) is 0.750. The van der Waals surface area contributed by atoms with E-state index in [1.807, 2.05) is 11.3 Å². The number of hydrogen-bond donors (Lipinski definition) is 1. The van der Waals surface area contributed by atoms with E-state index in [1.165, 1.54) is 63.0 Å². The van der Waals surface area contributed by atoms with Crippen molar-refractivity contribution in [1.82, 2.24) is 10.2 Å². The van der Waals surface area contributed by atoms with E-state index in [2.05, 4.69) is 34.7 Å². The molecule has 0 amide bonds. The average molecular weight is 280 g/mol. The maximum absolute atomic E-state index is 3.40. The van der Waals surface area contributed by atoms with Crippen LogP contribution in [0.2, 0.25) is 0 Å². The Labute approximate surface area is 122 Å². The zero-order chi connectivity index (χ0) is 13.3. The number of nitrogens with one attached hydrogen (secondary N) is 1. The van der Waals surface area contributed by atoms with Gasteiger partial charge in [-0.2, -0.15) is 0 Å². The van der Waals surface area contributed by atoms with E-state index in [1.54, 1.807) is 0 Å². The van der Waals surface area contributed by atoms with Gasteiger partial charge in [0, 0.05) is 17.5 Å². The van der Waals surface area contributed by atoms with Crippen LogP contribution in [0.4, 0.5) is 0 Å². The summed E-state index contributed by atoms with van der Waals surface area (Å²) in [7, 11) is 0. The Hall–Kier alpha value is -0.380. The van der Waals surface area contributed by atoms with Crippen LogP contribution in [0.3, 0.4) is 0 Å². The lowest BCUT2D eigenvalue weighted by atomic mass is 10.2. The standard InChI is InChI=1S/C16H28N2S/c1-2-17-11-5-3-4-6-12-18(15-9-10-15)14-16-8-7-13-19-16/h7-8,13,15,17H,2-6,9-12,14H2,1H3. The summed E-state index contributed by atoms with van der Waals surface area (Å²) in [6.07, 6.45) is 8.32. The van der Waals surface area contributed by atoms with E-state index in [0.29, 0.717) is 0 Å². The van der Waals surface area contributed by atoms with Crippen molar-refractivity contribution in [3.8, 4) is 0 Å². The summed E-state index contributed by atoms with van der Waals surface area (Å²) in [4.78, 5) is 4.23. The van der Waals surface area contributed by atoms with Crippen LogP contribution in [-0.4, -0.2) is 30.6 Å². The minimum Gasteiger partial charge on any atom is -0.317 e. The molecular weight excluding hydrogens is 252 g/mol. The van der Waals surface area contributed by atoms with Crippen molar-refractivity contribution < 1.29 is 0 Å². The minimum atomic E-state index is 0.892. The predicted molar refractivity (Wildman–Crippen MR) is 84.8 cm³/mol. The summed E-state index contributed by atoms with van der Waals surface area (Å²) in [5, 5.41) is 5.59. The molecule has 0 atom stereocenters. The first-order valence-corrected chi connectivity index (χ1v) is 8.75. The third-order valence-electron chi connectivity index (χ3n) is 3.80. The van der Waals surface area contributed by atoms with Gasteiger partial charge in [0.25, 0.3) is 0 Å². The molecule has 1 heterocycles. The van der Waals surface area contributed by atoms with E-state index in [-0.39, 0.29) is 0 Å². The molecule has 108 valence electrons. The molecule has 1 aliphatic rings. The molecule has 1 aromatic rings. The van der Waals surface area contributed by atoms with Crippen LogP contribution < -0.4 is 5.32 Å². The smallest absolute Gasteiger partial charge is 0.0330 e. The molecule has 0 radical (unpaired) electrons. The van der Waals surface area contributed by atoms with E-state index in [0.717, 1.165) is 12.6 Å². The monoisotopic (exact) mass is 280 g/mol. The molecular formula is C16H28N2S. The summed E-state index contributed by atoms with van der Waals surface area (Å²) in [5.74, 6) is 0. The topological polar surface area (TPSA) is 15.3 Å². The number of thiophene rings is 1. The summed E-state index contributed by atoms with van der Waals surface area (Å²) in [5.41, 5.74) is 0. The molecule has 2 nitrogen and oxygen atoms in total. The zero-order valence-electron chi connectivity index (χ0n) is 12.2. The Morgan fingerprint density at radius 2 is 2.11 bits per heavy atom. The lowest BCUT2D eigenvalue weighted by molar-refractivity contribution is 0.250. The van der Waals surface area contributed by atoms with Gasteiger partial charge in [0.05, 0.1) is 0 Å². The van der Waals surface area contributed by atoms with Crippen LogP contribution in [0.5, 0.6) is 0 Å². The molecule has 1 N–H and O–H groups in total. The van der Waals surface area contributed by atoms with Crippen LogP contribution in [0.15, 0.2) is 17.5 Å². The van der Waals surface area contributed by atoms with Crippen molar-refractivity contribution in [2.24, 2.45) is 0 Å². The second kappa shape index (κ2) is 8.72. The Morgan fingerprint density at radius 3 is 2.79 bits per heavy atom. The quantitative estimate of drug-likeness (QED) is 0.619. The first kappa shape index (κ1) is 15.0. The minimum absolute atomic E-state index is 0.892. The second-order valence-corrected chi connectivity index (χ2v) is 6.58. The van der Waals surface area contributed by atoms with Gasteiger partial charge in [-0.25, -0.2) is 0 Å². The Kier molecular flexibility index (Phi) is 6.90. The van der Waals surface area contributed by atoms with Gasteiger partial charge in [0.15, 0.2) is 0 Å². The molecule has 0 saturated heterocycles. The molecule has 1 saturated carbocycles. The van der Waals surface area contributed by atoms with Crippen molar-refractivity contribution in [3.05, 3.63) is 22.4 Å². The Balaban J connectivity index is 1.56. The predicted octanol–water partition coefficient (Wildman–Crippen LogP) is 3.88. The lowest BCUT2D eigenvalue weighted by Crippen LogP contribution is -2.26. The van der Waals surface area contributed by atoms with Crippen LogP contribution >= 0.6 is 11.3 Å². The van der Waals surface area contributed by atoms with Gasteiger partial charge in [-0.05, 0) is 56.8 Å². The van der Waals surface area contributed by atoms with Gasteiger partial charge >= 0.3 is 0 Å². The van der Waals surface area contributed by atoms with Crippen molar-refractivity contribution in [1.29, 1.82) is 0 Å². The molecule has 0 spiro atoms. The molecule has 3 heteroatoms. The first-order chi connectivity index (χ1) is 9.40. The van der Waals surface area contributed by atoms with E-state index in [4.69, 9.17) is 0 Å². The number of hydrogen-bond acceptors (Lipinski definition) is 3. The number of unbranched alkanes of at least 4 members (excludes halogenated alkanes) is 3. The number of nitrogens with zero attached hydrogens (tertiary/aromatic N) is 1. The fourth-order valence-corrected chi connectivity index (χ4v) is 3.26. The third-order valence-corrected chi connectivity index (χ3v) is 4.66. The maximum atomic E-state index is 3.40. The molecule has 0 aromatic carbocycles. The van der Waals surface area contributed by atoms with Crippen LogP contribution in [0.25, 0.3) is 0 Å².